The third kappa shape index (κ3) is 2.64. The van der Waals surface area contributed by atoms with Gasteiger partial charge in [-0.25, -0.2) is 13.2 Å². The van der Waals surface area contributed by atoms with E-state index >= 15 is 0 Å². The summed E-state index contributed by atoms with van der Waals surface area (Å²) < 4.78 is 28.9. The fourth-order valence-corrected chi connectivity index (χ4v) is 3.46. The third-order valence-electron chi connectivity index (χ3n) is 2.91. The second-order valence-electron chi connectivity index (χ2n) is 4.39. The lowest BCUT2D eigenvalue weighted by Crippen LogP contribution is -2.10. The Labute approximate surface area is 105 Å². The van der Waals surface area contributed by atoms with E-state index in [0.29, 0.717) is 0 Å². The molecule has 18 heavy (non-hydrogen) atoms. The molecular formula is C12H14O5S. The molecule has 0 amide bonds. The molecule has 1 aliphatic carbocycles. The third-order valence-corrected chi connectivity index (χ3v) is 4.79. The standard InChI is InChI=1S/C12H14O5S/c1-17-11-5-4-9(6-10(11)12(13)14)18(15,16)7-8-2-3-8/h4-6,8H,2-3,7H2,1H3,(H,13,14). The summed E-state index contributed by atoms with van der Waals surface area (Å²) in [5.74, 6) is -0.716. The van der Waals surface area contributed by atoms with E-state index in [1.54, 1.807) is 0 Å². The Morgan fingerprint density at radius 1 is 1.44 bits per heavy atom. The van der Waals surface area contributed by atoms with Crippen molar-refractivity contribution in [3.63, 3.8) is 0 Å². The van der Waals surface area contributed by atoms with Gasteiger partial charge in [0.2, 0.25) is 0 Å². The Hall–Kier alpha value is -1.56. The number of carbonyl (C=O) groups is 1. The molecule has 5 nitrogen and oxygen atoms in total. The van der Waals surface area contributed by atoms with Crippen LogP contribution >= 0.6 is 0 Å². The van der Waals surface area contributed by atoms with Gasteiger partial charge >= 0.3 is 5.97 Å². The lowest BCUT2D eigenvalue weighted by molar-refractivity contribution is 0.0693. The van der Waals surface area contributed by atoms with Gasteiger partial charge in [0, 0.05) is 0 Å². The first-order chi connectivity index (χ1) is 8.44. The number of aromatic carboxylic acids is 1. The molecule has 1 aliphatic rings. The number of benzene rings is 1. The lowest BCUT2D eigenvalue weighted by Gasteiger charge is -2.08. The van der Waals surface area contributed by atoms with Gasteiger partial charge in [-0.2, -0.15) is 0 Å². The minimum absolute atomic E-state index is 0.0487. The van der Waals surface area contributed by atoms with Crippen molar-refractivity contribution in [2.75, 3.05) is 12.9 Å². The van der Waals surface area contributed by atoms with E-state index in [9.17, 15) is 13.2 Å². The summed E-state index contributed by atoms with van der Waals surface area (Å²) in [5.41, 5.74) is -0.130. The molecule has 1 aromatic carbocycles. The number of carboxylic acid groups (broad SMARTS) is 1. The summed E-state index contributed by atoms with van der Waals surface area (Å²) in [5, 5.41) is 9.01. The molecule has 1 fully saturated rings. The number of hydrogen-bond acceptors (Lipinski definition) is 4. The zero-order valence-electron chi connectivity index (χ0n) is 9.92. The molecule has 1 saturated carbocycles. The molecule has 0 aliphatic heterocycles. The van der Waals surface area contributed by atoms with Crippen LogP contribution in [0.3, 0.4) is 0 Å². The van der Waals surface area contributed by atoms with Crippen molar-refractivity contribution in [3.05, 3.63) is 23.8 Å². The molecule has 1 aromatic rings. The van der Waals surface area contributed by atoms with E-state index < -0.39 is 15.8 Å². The Balaban J connectivity index is 2.39. The number of hydrogen-bond donors (Lipinski definition) is 1. The van der Waals surface area contributed by atoms with Crippen molar-refractivity contribution >= 4 is 15.8 Å². The summed E-state index contributed by atoms with van der Waals surface area (Å²) in [7, 11) is -2.05. The molecular weight excluding hydrogens is 256 g/mol. The van der Waals surface area contributed by atoms with Crippen LogP contribution in [0.5, 0.6) is 5.75 Å². The minimum atomic E-state index is -3.40. The van der Waals surface area contributed by atoms with Gasteiger partial charge in [0.05, 0.1) is 17.8 Å². The zero-order chi connectivity index (χ0) is 13.3. The van der Waals surface area contributed by atoms with Crippen molar-refractivity contribution in [1.82, 2.24) is 0 Å². The normalized spacial score (nSPS) is 15.4. The first kappa shape index (κ1) is 12.9. The van der Waals surface area contributed by atoms with E-state index in [1.807, 2.05) is 0 Å². The fourth-order valence-electron chi connectivity index (χ4n) is 1.74. The maximum Gasteiger partial charge on any atom is 0.339 e. The van der Waals surface area contributed by atoms with Crippen LogP contribution in [-0.4, -0.2) is 32.4 Å². The molecule has 2 rings (SSSR count). The van der Waals surface area contributed by atoms with Crippen LogP contribution in [0.4, 0.5) is 0 Å². The average molecular weight is 270 g/mol. The molecule has 6 heteroatoms. The Bertz CT molecular complexity index is 572. The minimum Gasteiger partial charge on any atom is -0.496 e. The van der Waals surface area contributed by atoms with E-state index in [-0.39, 0.29) is 27.9 Å². The van der Waals surface area contributed by atoms with E-state index in [0.717, 1.165) is 12.8 Å². The highest BCUT2D eigenvalue weighted by Crippen LogP contribution is 2.33. The molecule has 0 unspecified atom stereocenters. The van der Waals surface area contributed by atoms with Gasteiger partial charge in [-0.1, -0.05) is 0 Å². The van der Waals surface area contributed by atoms with Gasteiger partial charge in [0.25, 0.3) is 0 Å². The fraction of sp³-hybridized carbons (Fsp3) is 0.417. The van der Waals surface area contributed by atoms with E-state index in [2.05, 4.69) is 0 Å². The number of carboxylic acids is 1. The smallest absolute Gasteiger partial charge is 0.339 e. The SMILES string of the molecule is COc1ccc(S(=O)(=O)CC2CC2)cc1C(=O)O. The van der Waals surface area contributed by atoms with Gasteiger partial charge in [0.1, 0.15) is 11.3 Å². The monoisotopic (exact) mass is 270 g/mol. The van der Waals surface area contributed by atoms with Crippen LogP contribution in [-0.2, 0) is 9.84 Å². The predicted octanol–water partition coefficient (Wildman–Crippen LogP) is 1.58. The average Bonchev–Trinajstić information content (AvgIpc) is 3.11. The second kappa shape index (κ2) is 4.61. The first-order valence-electron chi connectivity index (χ1n) is 5.58. The topological polar surface area (TPSA) is 80.7 Å². The summed E-state index contributed by atoms with van der Waals surface area (Å²) in [6.07, 6.45) is 1.86. The Morgan fingerprint density at radius 2 is 2.11 bits per heavy atom. The Morgan fingerprint density at radius 3 is 2.61 bits per heavy atom. The summed E-state index contributed by atoms with van der Waals surface area (Å²) >= 11 is 0. The van der Waals surface area contributed by atoms with E-state index in [1.165, 1.54) is 25.3 Å². The highest BCUT2D eigenvalue weighted by Gasteiger charge is 2.29. The predicted molar refractivity (Wildman–Crippen MR) is 64.7 cm³/mol. The number of rotatable bonds is 5. The van der Waals surface area contributed by atoms with Crippen LogP contribution in [0.25, 0.3) is 0 Å². The molecule has 1 N–H and O–H groups in total. The highest BCUT2D eigenvalue weighted by atomic mass is 32.2. The quantitative estimate of drug-likeness (QED) is 0.878. The van der Waals surface area contributed by atoms with Crippen molar-refractivity contribution in [3.8, 4) is 5.75 Å². The molecule has 98 valence electrons. The summed E-state index contributed by atoms with van der Waals surface area (Å²) in [6.45, 7) is 0. The van der Waals surface area contributed by atoms with Gasteiger partial charge in [-0.05, 0) is 37.0 Å². The molecule has 0 heterocycles. The van der Waals surface area contributed by atoms with Crippen LogP contribution in [0, 0.1) is 5.92 Å². The molecule has 0 radical (unpaired) electrons. The highest BCUT2D eigenvalue weighted by molar-refractivity contribution is 7.91. The molecule has 0 atom stereocenters. The van der Waals surface area contributed by atoms with Crippen LogP contribution in [0.15, 0.2) is 23.1 Å². The van der Waals surface area contributed by atoms with Crippen LogP contribution in [0.2, 0.25) is 0 Å². The maximum absolute atomic E-state index is 12.0. The summed E-state index contributed by atoms with van der Waals surface area (Å²) in [6, 6.07) is 3.94. The Kier molecular flexibility index (Phi) is 3.30. The largest absolute Gasteiger partial charge is 0.496 e. The summed E-state index contributed by atoms with van der Waals surface area (Å²) in [4.78, 5) is 11.1. The van der Waals surface area contributed by atoms with Gasteiger partial charge in [-0.15, -0.1) is 0 Å². The van der Waals surface area contributed by atoms with Gasteiger partial charge in [0.15, 0.2) is 9.84 Å². The van der Waals surface area contributed by atoms with E-state index in [4.69, 9.17) is 9.84 Å². The van der Waals surface area contributed by atoms with Crippen molar-refractivity contribution in [2.45, 2.75) is 17.7 Å². The number of ether oxygens (including phenoxy) is 1. The second-order valence-corrected chi connectivity index (χ2v) is 6.43. The van der Waals surface area contributed by atoms with Gasteiger partial charge in [-0.3, -0.25) is 0 Å². The van der Waals surface area contributed by atoms with Crippen molar-refractivity contribution < 1.29 is 23.1 Å². The number of methoxy groups -OCH3 is 1. The van der Waals surface area contributed by atoms with Crippen molar-refractivity contribution in [2.24, 2.45) is 5.92 Å². The van der Waals surface area contributed by atoms with Crippen LogP contribution in [0.1, 0.15) is 23.2 Å². The molecule has 0 spiro atoms. The molecule has 0 bridgehead atoms. The molecule has 0 aromatic heterocycles. The van der Waals surface area contributed by atoms with Crippen LogP contribution < -0.4 is 4.74 Å². The first-order valence-corrected chi connectivity index (χ1v) is 7.23. The number of sulfone groups is 1. The molecule has 0 saturated heterocycles. The lowest BCUT2D eigenvalue weighted by atomic mass is 10.2. The maximum atomic E-state index is 12.0. The zero-order valence-corrected chi connectivity index (χ0v) is 10.7. The van der Waals surface area contributed by atoms with Crippen molar-refractivity contribution in [1.29, 1.82) is 0 Å². The van der Waals surface area contributed by atoms with Gasteiger partial charge < -0.3 is 9.84 Å².